The van der Waals surface area contributed by atoms with Crippen LogP contribution < -0.4 is 10.6 Å². The molecule has 32 heavy (non-hydrogen) atoms. The average molecular weight is 466 g/mol. The highest BCUT2D eigenvalue weighted by molar-refractivity contribution is 7.89. The smallest absolute Gasteiger partial charge is 0.254 e. The van der Waals surface area contributed by atoms with Gasteiger partial charge in [-0.25, -0.2) is 17.2 Å². The van der Waals surface area contributed by atoms with Crippen LogP contribution in [0.1, 0.15) is 36.5 Å². The van der Waals surface area contributed by atoms with Crippen molar-refractivity contribution in [3.8, 4) is 0 Å². The van der Waals surface area contributed by atoms with Crippen molar-refractivity contribution in [1.82, 2.24) is 9.62 Å². The minimum Gasteiger partial charge on any atom is -0.351 e. The van der Waals surface area contributed by atoms with E-state index in [4.69, 9.17) is 0 Å². The molecule has 10 heteroatoms. The Labute approximate surface area is 185 Å². The third-order valence-electron chi connectivity index (χ3n) is 5.21. The van der Waals surface area contributed by atoms with Gasteiger partial charge in [-0.15, -0.1) is 0 Å². The standard InChI is InChI=1S/C22H25F2N3O4S/c1-15-3-2-12-27(14-15)32(30,31)18-7-5-17(6-8-18)26-21(28)10-11-25-22(29)19-9-4-16(23)13-20(19)24/h4-9,13,15H,2-3,10-12,14H2,1H3,(H,25,29)(H,26,28). The summed E-state index contributed by atoms with van der Waals surface area (Å²) in [6, 6.07) is 8.51. The van der Waals surface area contributed by atoms with Crippen LogP contribution in [0.5, 0.6) is 0 Å². The van der Waals surface area contributed by atoms with Crippen LogP contribution in [-0.4, -0.2) is 44.2 Å². The molecule has 1 fully saturated rings. The number of rotatable bonds is 7. The Balaban J connectivity index is 1.50. The van der Waals surface area contributed by atoms with Gasteiger partial charge in [0.25, 0.3) is 5.91 Å². The van der Waals surface area contributed by atoms with Crippen molar-refractivity contribution < 1.29 is 26.8 Å². The van der Waals surface area contributed by atoms with Crippen molar-refractivity contribution in [2.24, 2.45) is 5.92 Å². The molecule has 0 aliphatic carbocycles. The van der Waals surface area contributed by atoms with Crippen molar-refractivity contribution in [1.29, 1.82) is 0 Å². The number of hydrogen-bond acceptors (Lipinski definition) is 4. The number of anilines is 1. The second-order valence-electron chi connectivity index (χ2n) is 7.81. The molecule has 2 N–H and O–H groups in total. The third-order valence-corrected chi connectivity index (χ3v) is 7.09. The second kappa shape index (κ2) is 10.2. The zero-order valence-corrected chi connectivity index (χ0v) is 18.4. The number of nitrogens with zero attached hydrogens (tertiary/aromatic N) is 1. The molecular formula is C22H25F2N3O4S. The molecule has 172 valence electrons. The van der Waals surface area contributed by atoms with Gasteiger partial charge in [0.1, 0.15) is 11.6 Å². The lowest BCUT2D eigenvalue weighted by Crippen LogP contribution is -2.39. The van der Waals surface area contributed by atoms with Gasteiger partial charge < -0.3 is 10.6 Å². The van der Waals surface area contributed by atoms with E-state index in [1.807, 2.05) is 6.92 Å². The van der Waals surface area contributed by atoms with Crippen LogP contribution in [0.3, 0.4) is 0 Å². The number of benzene rings is 2. The van der Waals surface area contributed by atoms with Gasteiger partial charge in [0, 0.05) is 37.8 Å². The van der Waals surface area contributed by atoms with E-state index in [0.29, 0.717) is 30.8 Å². The van der Waals surface area contributed by atoms with E-state index in [-0.39, 0.29) is 23.4 Å². The average Bonchev–Trinajstić information content (AvgIpc) is 2.74. The first-order valence-corrected chi connectivity index (χ1v) is 11.7. The molecule has 0 saturated carbocycles. The largest absolute Gasteiger partial charge is 0.351 e. The SMILES string of the molecule is CC1CCCN(S(=O)(=O)c2ccc(NC(=O)CCNC(=O)c3ccc(F)cc3F)cc2)C1. The molecule has 0 aromatic heterocycles. The van der Waals surface area contributed by atoms with E-state index in [2.05, 4.69) is 10.6 Å². The molecule has 0 spiro atoms. The summed E-state index contributed by atoms with van der Waals surface area (Å²) >= 11 is 0. The van der Waals surface area contributed by atoms with Crippen LogP contribution in [0.4, 0.5) is 14.5 Å². The van der Waals surface area contributed by atoms with Gasteiger partial charge in [0.05, 0.1) is 10.5 Å². The number of amides is 2. The van der Waals surface area contributed by atoms with Crippen LogP contribution >= 0.6 is 0 Å². The topological polar surface area (TPSA) is 95.6 Å². The van der Waals surface area contributed by atoms with Gasteiger partial charge in [-0.1, -0.05) is 6.92 Å². The Morgan fingerprint density at radius 2 is 1.84 bits per heavy atom. The summed E-state index contributed by atoms with van der Waals surface area (Å²) in [6.07, 6.45) is 1.76. The lowest BCUT2D eigenvalue weighted by molar-refractivity contribution is -0.116. The molecule has 2 aromatic carbocycles. The van der Waals surface area contributed by atoms with E-state index in [9.17, 15) is 26.8 Å². The molecule has 7 nitrogen and oxygen atoms in total. The number of carbonyl (C=O) groups is 2. The summed E-state index contributed by atoms with van der Waals surface area (Å²) in [7, 11) is -3.58. The van der Waals surface area contributed by atoms with Gasteiger partial charge in [-0.3, -0.25) is 9.59 Å². The first kappa shape index (κ1) is 23.8. The predicted molar refractivity (Wildman–Crippen MR) is 116 cm³/mol. The van der Waals surface area contributed by atoms with E-state index >= 15 is 0 Å². The number of halogens is 2. The predicted octanol–water partition coefficient (Wildman–Crippen LogP) is 3.14. The quantitative estimate of drug-likeness (QED) is 0.657. The number of hydrogen-bond donors (Lipinski definition) is 2. The number of piperidine rings is 1. The van der Waals surface area contributed by atoms with E-state index in [1.54, 1.807) is 0 Å². The lowest BCUT2D eigenvalue weighted by Gasteiger charge is -2.30. The third kappa shape index (κ3) is 5.89. The van der Waals surface area contributed by atoms with Crippen LogP contribution in [0.25, 0.3) is 0 Å². The first-order valence-electron chi connectivity index (χ1n) is 10.3. The molecule has 2 amide bonds. The second-order valence-corrected chi connectivity index (χ2v) is 9.75. The Bertz CT molecular complexity index is 1090. The fourth-order valence-electron chi connectivity index (χ4n) is 3.51. The zero-order valence-electron chi connectivity index (χ0n) is 17.6. The number of carbonyl (C=O) groups excluding carboxylic acids is 2. The van der Waals surface area contributed by atoms with Gasteiger partial charge in [0.2, 0.25) is 15.9 Å². The normalized spacial score (nSPS) is 17.0. The van der Waals surface area contributed by atoms with Gasteiger partial charge in [0.15, 0.2) is 0 Å². The highest BCUT2D eigenvalue weighted by Crippen LogP contribution is 2.24. The summed E-state index contributed by atoms with van der Waals surface area (Å²) in [4.78, 5) is 24.2. The number of nitrogens with one attached hydrogen (secondary N) is 2. The minimum absolute atomic E-state index is 0.0545. The molecular weight excluding hydrogens is 440 g/mol. The summed E-state index contributed by atoms with van der Waals surface area (Å²) < 4.78 is 53.6. The van der Waals surface area contributed by atoms with Crippen molar-refractivity contribution in [2.75, 3.05) is 25.0 Å². The van der Waals surface area contributed by atoms with Crippen LogP contribution in [-0.2, 0) is 14.8 Å². The Morgan fingerprint density at radius 1 is 1.12 bits per heavy atom. The zero-order chi connectivity index (χ0) is 23.3. The fourth-order valence-corrected chi connectivity index (χ4v) is 5.10. The van der Waals surface area contributed by atoms with Crippen molar-refractivity contribution in [3.05, 3.63) is 59.7 Å². The molecule has 1 heterocycles. The molecule has 1 saturated heterocycles. The van der Waals surface area contributed by atoms with Crippen molar-refractivity contribution >= 4 is 27.5 Å². The molecule has 0 radical (unpaired) electrons. The van der Waals surface area contributed by atoms with Crippen molar-refractivity contribution in [3.63, 3.8) is 0 Å². The van der Waals surface area contributed by atoms with Crippen LogP contribution in [0, 0.1) is 17.6 Å². The molecule has 3 rings (SSSR count). The maximum absolute atomic E-state index is 13.6. The summed E-state index contributed by atoms with van der Waals surface area (Å²) in [5, 5.41) is 5.01. The Hall–Kier alpha value is -2.85. The minimum atomic E-state index is -3.58. The monoisotopic (exact) mass is 465 g/mol. The van der Waals surface area contributed by atoms with Gasteiger partial charge in [-0.05, 0) is 55.2 Å². The fraction of sp³-hybridized carbons (Fsp3) is 0.364. The van der Waals surface area contributed by atoms with Crippen LogP contribution in [0.15, 0.2) is 47.4 Å². The highest BCUT2D eigenvalue weighted by atomic mass is 32.2. The van der Waals surface area contributed by atoms with Gasteiger partial charge >= 0.3 is 0 Å². The molecule has 1 aliphatic rings. The lowest BCUT2D eigenvalue weighted by atomic mass is 10.0. The molecule has 2 aromatic rings. The molecule has 1 atom stereocenters. The number of sulfonamides is 1. The Morgan fingerprint density at radius 3 is 2.50 bits per heavy atom. The highest BCUT2D eigenvalue weighted by Gasteiger charge is 2.28. The van der Waals surface area contributed by atoms with E-state index in [1.165, 1.54) is 28.6 Å². The molecule has 1 aliphatic heterocycles. The van der Waals surface area contributed by atoms with E-state index in [0.717, 1.165) is 25.0 Å². The summed E-state index contributed by atoms with van der Waals surface area (Å²) in [5.74, 6) is -2.62. The van der Waals surface area contributed by atoms with E-state index < -0.39 is 33.5 Å². The van der Waals surface area contributed by atoms with Gasteiger partial charge in [-0.2, -0.15) is 4.31 Å². The first-order chi connectivity index (χ1) is 15.2. The summed E-state index contributed by atoms with van der Waals surface area (Å²) in [5.41, 5.74) is 0.101. The maximum Gasteiger partial charge on any atom is 0.254 e. The van der Waals surface area contributed by atoms with Crippen LogP contribution in [0.2, 0.25) is 0 Å². The van der Waals surface area contributed by atoms with Crippen molar-refractivity contribution in [2.45, 2.75) is 31.1 Å². The Kier molecular flexibility index (Phi) is 7.57. The summed E-state index contributed by atoms with van der Waals surface area (Å²) in [6.45, 7) is 2.97. The molecule has 1 unspecified atom stereocenters. The maximum atomic E-state index is 13.6. The molecule has 0 bridgehead atoms.